The van der Waals surface area contributed by atoms with Crippen molar-refractivity contribution in [2.75, 3.05) is 6.61 Å². The lowest BCUT2D eigenvalue weighted by Crippen LogP contribution is -2.71. The van der Waals surface area contributed by atoms with E-state index in [4.69, 9.17) is 30.5 Å². The summed E-state index contributed by atoms with van der Waals surface area (Å²) in [5, 5.41) is 37.1. The second-order valence-corrected chi connectivity index (χ2v) is 15.2. The van der Waals surface area contributed by atoms with E-state index in [0.717, 1.165) is 45.6 Å². The first-order valence-electron chi connectivity index (χ1n) is 19.3. The number of aryl methyl sites for hydroxylation is 1. The van der Waals surface area contributed by atoms with E-state index >= 15 is 0 Å². The summed E-state index contributed by atoms with van der Waals surface area (Å²) in [5.74, 6) is -0.523. The van der Waals surface area contributed by atoms with E-state index in [-0.39, 0.29) is 26.2 Å². The number of carboxylic acid groups (broad SMARTS) is 1. The molecule has 0 aromatic heterocycles. The van der Waals surface area contributed by atoms with Crippen molar-refractivity contribution in [3.63, 3.8) is 0 Å². The van der Waals surface area contributed by atoms with Crippen LogP contribution in [0.3, 0.4) is 0 Å². The number of hydrogen-bond acceptors (Lipinski definition) is 7. The van der Waals surface area contributed by atoms with E-state index in [1.54, 1.807) is 12.1 Å². The van der Waals surface area contributed by atoms with E-state index < -0.39 is 47.3 Å². The fraction of sp³-hybridized carbons (Fsp3) is 0.340. The molecule has 8 nitrogen and oxygen atoms in total. The Morgan fingerprint density at radius 2 is 1.25 bits per heavy atom. The maximum Gasteiger partial charge on any atom is 0.315 e. The highest BCUT2D eigenvalue weighted by Crippen LogP contribution is 2.62. The van der Waals surface area contributed by atoms with Crippen molar-refractivity contribution in [3.05, 3.63) is 171 Å². The molecule has 2 fully saturated rings. The molecule has 2 saturated carbocycles. The third-order valence-electron chi connectivity index (χ3n) is 11.6. The van der Waals surface area contributed by atoms with Gasteiger partial charge in [-0.25, -0.2) is 0 Å². The zero-order valence-electron chi connectivity index (χ0n) is 31.7. The van der Waals surface area contributed by atoms with Crippen molar-refractivity contribution >= 4 is 17.6 Å². The number of carboxylic acids is 1. The Bertz CT molecular complexity index is 2060. The van der Waals surface area contributed by atoms with Gasteiger partial charge in [0.1, 0.15) is 29.5 Å². The van der Waals surface area contributed by atoms with Gasteiger partial charge >= 0.3 is 5.97 Å². The molecule has 0 saturated heterocycles. The third-order valence-corrected chi connectivity index (χ3v) is 12.0. The number of halogens is 1. The molecule has 7 atom stereocenters. The van der Waals surface area contributed by atoms with Gasteiger partial charge in [-0.15, -0.1) is 0 Å². The van der Waals surface area contributed by atoms with Crippen LogP contribution in [0.25, 0.3) is 0 Å². The molecule has 5 aromatic rings. The van der Waals surface area contributed by atoms with Crippen LogP contribution in [0.15, 0.2) is 127 Å². The zero-order valence-corrected chi connectivity index (χ0v) is 32.5. The highest BCUT2D eigenvalue weighted by atomic mass is 35.5. The van der Waals surface area contributed by atoms with E-state index in [9.17, 15) is 20.1 Å². The van der Waals surface area contributed by atoms with Crippen LogP contribution < -0.4 is 4.74 Å². The van der Waals surface area contributed by atoms with E-state index in [2.05, 4.69) is 6.92 Å². The average Bonchev–Trinajstić information content (AvgIpc) is 3.40. The SMILES string of the molecule is CCOc1ccc(Cc2cc([C@]34C(O)C[C@](C(=O)O)(C3O)[C@H](OCc3ccc(CC)cc3)[C@@H](OCc3ccccc3)[C@@H]4OCc3ccccc3)ccc2Cl)cc1. The zero-order chi connectivity index (χ0) is 39.3. The molecule has 3 N–H and O–H groups in total. The minimum Gasteiger partial charge on any atom is -0.494 e. The number of aliphatic hydroxyl groups is 2. The Hall–Kier alpha value is -4.54. The van der Waals surface area contributed by atoms with Crippen LogP contribution in [0, 0.1) is 5.41 Å². The molecule has 7 rings (SSSR count). The Morgan fingerprint density at radius 3 is 1.84 bits per heavy atom. The van der Waals surface area contributed by atoms with Gasteiger partial charge in [0.15, 0.2) is 0 Å². The number of fused-ring (bicyclic) bond motifs is 2. The molecule has 2 aliphatic rings. The number of hydrogen-bond donors (Lipinski definition) is 3. The molecule has 2 unspecified atom stereocenters. The fourth-order valence-corrected chi connectivity index (χ4v) is 8.88. The standard InChI is InChI=1S/C47H49ClO8/c1-3-31-15-17-35(18-16-31)30-55-42-41(54-28-33-11-7-5-8-12-33)43(56-29-34-13-9-6-10-14-34)47(40(49)27-46(42,44(47)50)45(51)52)37-21-24-39(48)36(26-37)25-32-19-22-38(23-20-32)53-4-2/h5-24,26,40-44,49-50H,3-4,25,27-30H2,1-2H3,(H,51,52)/t40?,41-,42-,43+,44?,46-,47-/m1/s1. The topological polar surface area (TPSA) is 115 Å². The first kappa shape index (κ1) is 39.7. The van der Waals surface area contributed by atoms with Gasteiger partial charge in [0.2, 0.25) is 0 Å². The Morgan fingerprint density at radius 1 is 0.696 bits per heavy atom. The Balaban J connectivity index is 1.36. The van der Waals surface area contributed by atoms with Crippen LogP contribution >= 0.6 is 11.6 Å². The van der Waals surface area contributed by atoms with Crippen molar-refractivity contribution in [2.45, 2.75) is 88.9 Å². The van der Waals surface area contributed by atoms with Gasteiger partial charge in [-0.3, -0.25) is 4.79 Å². The van der Waals surface area contributed by atoms with Crippen molar-refractivity contribution in [1.82, 2.24) is 0 Å². The molecule has 9 heteroatoms. The van der Waals surface area contributed by atoms with Gasteiger partial charge in [0.25, 0.3) is 0 Å². The minimum atomic E-state index is -1.97. The average molecular weight is 777 g/mol. The van der Waals surface area contributed by atoms with Crippen molar-refractivity contribution in [3.8, 4) is 5.75 Å². The van der Waals surface area contributed by atoms with Crippen molar-refractivity contribution in [1.29, 1.82) is 0 Å². The number of carbonyl (C=O) groups is 1. The van der Waals surface area contributed by atoms with E-state index in [1.807, 2.05) is 122 Å². The minimum absolute atomic E-state index is 0.0588. The summed E-state index contributed by atoms with van der Waals surface area (Å²) in [6.45, 7) is 4.85. The third kappa shape index (κ3) is 7.62. The maximum atomic E-state index is 13.8. The normalized spacial score (nSPS) is 25.6. The number of ether oxygens (including phenoxy) is 4. The molecule has 292 valence electrons. The van der Waals surface area contributed by atoms with Gasteiger partial charge < -0.3 is 34.3 Å². The lowest BCUT2D eigenvalue weighted by atomic mass is 9.58. The molecule has 0 radical (unpaired) electrons. The number of benzene rings is 5. The second-order valence-electron chi connectivity index (χ2n) is 14.8. The molecular formula is C47H49ClO8. The second kappa shape index (κ2) is 17.3. The molecule has 0 aliphatic heterocycles. The van der Waals surface area contributed by atoms with Gasteiger partial charge in [-0.2, -0.15) is 0 Å². The summed E-state index contributed by atoms with van der Waals surface area (Å²) >= 11 is 6.86. The van der Waals surface area contributed by atoms with Crippen LogP contribution in [0.4, 0.5) is 0 Å². The predicted molar refractivity (Wildman–Crippen MR) is 215 cm³/mol. The van der Waals surface area contributed by atoms with Crippen LogP contribution in [-0.2, 0) is 57.1 Å². The van der Waals surface area contributed by atoms with Crippen molar-refractivity contribution in [2.24, 2.45) is 5.41 Å². The largest absolute Gasteiger partial charge is 0.494 e. The predicted octanol–water partition coefficient (Wildman–Crippen LogP) is 8.10. The highest BCUT2D eigenvalue weighted by molar-refractivity contribution is 6.31. The van der Waals surface area contributed by atoms with Crippen LogP contribution in [0.2, 0.25) is 5.02 Å². The van der Waals surface area contributed by atoms with Crippen molar-refractivity contribution < 1.29 is 39.1 Å². The highest BCUT2D eigenvalue weighted by Gasteiger charge is 2.78. The monoisotopic (exact) mass is 776 g/mol. The van der Waals surface area contributed by atoms with E-state index in [1.165, 1.54) is 0 Å². The molecular weight excluding hydrogens is 728 g/mol. The number of aliphatic hydroxyl groups excluding tert-OH is 2. The molecule has 0 heterocycles. The van der Waals surface area contributed by atoms with E-state index in [0.29, 0.717) is 23.6 Å². The Kier molecular flexibility index (Phi) is 12.3. The summed E-state index contributed by atoms with van der Waals surface area (Å²) in [6, 6.07) is 40.3. The van der Waals surface area contributed by atoms with Gasteiger partial charge in [-0.05, 0) is 83.3 Å². The quantitative estimate of drug-likeness (QED) is 0.0922. The fourth-order valence-electron chi connectivity index (χ4n) is 8.69. The maximum absolute atomic E-state index is 13.8. The lowest BCUT2D eigenvalue weighted by molar-refractivity contribution is -0.257. The van der Waals surface area contributed by atoms with Gasteiger partial charge in [0.05, 0.1) is 44.1 Å². The van der Waals surface area contributed by atoms with Gasteiger partial charge in [0, 0.05) is 5.02 Å². The van der Waals surface area contributed by atoms with Crippen LogP contribution in [0.5, 0.6) is 5.75 Å². The summed E-state index contributed by atoms with van der Waals surface area (Å²) in [7, 11) is 0. The van der Waals surface area contributed by atoms with Crippen LogP contribution in [0.1, 0.15) is 59.2 Å². The van der Waals surface area contributed by atoms with Gasteiger partial charge in [-0.1, -0.05) is 128 Å². The number of aliphatic carboxylic acids is 1. The number of rotatable bonds is 16. The molecule has 0 spiro atoms. The van der Waals surface area contributed by atoms with Crippen LogP contribution in [-0.4, -0.2) is 58.4 Å². The molecule has 5 aromatic carbocycles. The summed E-state index contributed by atoms with van der Waals surface area (Å²) in [6.07, 6.45) is -5.32. The summed E-state index contributed by atoms with van der Waals surface area (Å²) in [5.41, 5.74) is 2.33. The first-order chi connectivity index (χ1) is 27.2. The first-order valence-corrected chi connectivity index (χ1v) is 19.7. The summed E-state index contributed by atoms with van der Waals surface area (Å²) in [4.78, 5) is 13.8. The molecule has 0 amide bonds. The Labute approximate surface area is 333 Å². The summed E-state index contributed by atoms with van der Waals surface area (Å²) < 4.78 is 26.0. The molecule has 56 heavy (non-hydrogen) atoms. The lowest BCUT2D eigenvalue weighted by Gasteiger charge is -2.54. The molecule has 2 bridgehead atoms. The molecule has 2 aliphatic carbocycles. The smallest absolute Gasteiger partial charge is 0.315 e.